The minimum absolute atomic E-state index is 0.718. The summed E-state index contributed by atoms with van der Waals surface area (Å²) in [5.74, 6) is 0.846. The Morgan fingerprint density at radius 3 is 2.82 bits per heavy atom. The zero-order chi connectivity index (χ0) is 11.7. The lowest BCUT2D eigenvalue weighted by Gasteiger charge is -2.00. The van der Waals surface area contributed by atoms with E-state index in [9.17, 15) is 0 Å². The molecule has 1 saturated carbocycles. The quantitative estimate of drug-likeness (QED) is 0.869. The molecule has 2 aromatic rings. The van der Waals surface area contributed by atoms with Crippen LogP contribution in [0.2, 0.25) is 0 Å². The molecule has 2 unspecified atom stereocenters. The average Bonchev–Trinajstić information content (AvgIpc) is 2.90. The molecule has 3 heteroatoms. The summed E-state index contributed by atoms with van der Waals surface area (Å²) in [7, 11) is 0. The van der Waals surface area contributed by atoms with Crippen molar-refractivity contribution in [1.29, 1.82) is 0 Å². The monoisotopic (exact) mass is 227 g/mol. The highest BCUT2D eigenvalue weighted by Gasteiger charge is 2.31. The van der Waals surface area contributed by atoms with Crippen LogP contribution in [0.4, 0.5) is 0 Å². The number of rotatable bonds is 4. The molecule has 0 radical (unpaired) electrons. The number of nitrogens with one attached hydrogen (secondary N) is 1. The second kappa shape index (κ2) is 4.34. The van der Waals surface area contributed by atoms with Crippen LogP contribution in [0.25, 0.3) is 5.69 Å². The van der Waals surface area contributed by atoms with Crippen molar-refractivity contribution in [3.05, 3.63) is 48.3 Å². The van der Waals surface area contributed by atoms with Gasteiger partial charge < -0.3 is 5.32 Å². The molecular weight excluding hydrogens is 210 g/mol. The smallest absolute Gasteiger partial charge is 0.0645 e. The third kappa shape index (κ3) is 2.39. The van der Waals surface area contributed by atoms with Crippen LogP contribution in [0.5, 0.6) is 0 Å². The predicted octanol–water partition coefficient (Wildman–Crippen LogP) is 2.37. The van der Waals surface area contributed by atoms with Crippen LogP contribution in [-0.4, -0.2) is 15.8 Å². The van der Waals surface area contributed by atoms with E-state index in [-0.39, 0.29) is 0 Å². The number of aromatic nitrogens is 2. The molecule has 1 N–H and O–H groups in total. The molecule has 17 heavy (non-hydrogen) atoms. The standard InChI is InChI=1S/C14H17N3/c1-11-7-14(11)15-8-12-9-16-17(10-12)13-5-3-2-4-6-13/h2-6,9-11,14-15H,7-8H2,1H3. The summed E-state index contributed by atoms with van der Waals surface area (Å²) in [4.78, 5) is 0. The number of hydrogen-bond donors (Lipinski definition) is 1. The molecule has 3 rings (SSSR count). The molecule has 0 amide bonds. The van der Waals surface area contributed by atoms with Crippen molar-refractivity contribution in [2.24, 2.45) is 5.92 Å². The van der Waals surface area contributed by atoms with Gasteiger partial charge in [-0.25, -0.2) is 4.68 Å². The van der Waals surface area contributed by atoms with Gasteiger partial charge in [0.25, 0.3) is 0 Å². The molecule has 0 spiro atoms. The lowest BCUT2D eigenvalue weighted by atomic mass is 10.3. The van der Waals surface area contributed by atoms with E-state index in [4.69, 9.17) is 0 Å². The van der Waals surface area contributed by atoms with Gasteiger partial charge >= 0.3 is 0 Å². The molecule has 1 aliphatic carbocycles. The van der Waals surface area contributed by atoms with Gasteiger partial charge in [-0.2, -0.15) is 5.10 Å². The Morgan fingerprint density at radius 2 is 2.12 bits per heavy atom. The van der Waals surface area contributed by atoms with Crippen LogP contribution >= 0.6 is 0 Å². The first-order valence-corrected chi connectivity index (χ1v) is 6.15. The minimum Gasteiger partial charge on any atom is -0.310 e. The van der Waals surface area contributed by atoms with E-state index in [1.165, 1.54) is 12.0 Å². The summed E-state index contributed by atoms with van der Waals surface area (Å²) in [5.41, 5.74) is 2.35. The Kier molecular flexibility index (Phi) is 2.69. The molecule has 1 aliphatic rings. The molecule has 3 nitrogen and oxygen atoms in total. The molecule has 1 aromatic heterocycles. The maximum absolute atomic E-state index is 4.38. The second-order valence-electron chi connectivity index (χ2n) is 4.83. The maximum Gasteiger partial charge on any atom is 0.0645 e. The number of benzene rings is 1. The fraction of sp³-hybridized carbons (Fsp3) is 0.357. The first-order valence-electron chi connectivity index (χ1n) is 6.15. The summed E-state index contributed by atoms with van der Waals surface area (Å²) in [5, 5.41) is 7.91. The van der Waals surface area contributed by atoms with Crippen LogP contribution in [0.1, 0.15) is 18.9 Å². The van der Waals surface area contributed by atoms with E-state index in [0.717, 1.165) is 24.2 Å². The van der Waals surface area contributed by atoms with Gasteiger partial charge in [0.2, 0.25) is 0 Å². The predicted molar refractivity (Wildman–Crippen MR) is 68.0 cm³/mol. The highest BCUT2D eigenvalue weighted by atomic mass is 15.3. The fourth-order valence-electron chi connectivity index (χ4n) is 2.03. The lowest BCUT2D eigenvalue weighted by molar-refractivity contribution is 0.652. The lowest BCUT2D eigenvalue weighted by Crippen LogP contribution is -2.16. The summed E-state index contributed by atoms with van der Waals surface area (Å²) in [6.07, 6.45) is 5.34. The molecule has 2 atom stereocenters. The molecule has 88 valence electrons. The van der Waals surface area contributed by atoms with E-state index in [1.807, 2.05) is 29.1 Å². The minimum atomic E-state index is 0.718. The third-order valence-corrected chi connectivity index (χ3v) is 3.33. The summed E-state index contributed by atoms with van der Waals surface area (Å²) >= 11 is 0. The zero-order valence-corrected chi connectivity index (χ0v) is 10.0. The largest absolute Gasteiger partial charge is 0.310 e. The van der Waals surface area contributed by atoms with Crippen LogP contribution in [0.3, 0.4) is 0 Å². The van der Waals surface area contributed by atoms with Crippen molar-refractivity contribution >= 4 is 0 Å². The van der Waals surface area contributed by atoms with E-state index in [1.54, 1.807) is 0 Å². The van der Waals surface area contributed by atoms with E-state index >= 15 is 0 Å². The number of para-hydroxylation sites is 1. The normalized spacial score (nSPS) is 22.6. The fourth-order valence-corrected chi connectivity index (χ4v) is 2.03. The van der Waals surface area contributed by atoms with Gasteiger partial charge in [-0.3, -0.25) is 0 Å². The molecule has 1 aromatic carbocycles. The van der Waals surface area contributed by atoms with Gasteiger partial charge in [-0.05, 0) is 24.5 Å². The van der Waals surface area contributed by atoms with Crippen molar-refractivity contribution < 1.29 is 0 Å². The van der Waals surface area contributed by atoms with Crippen molar-refractivity contribution in [3.63, 3.8) is 0 Å². The van der Waals surface area contributed by atoms with Gasteiger partial charge in [0, 0.05) is 24.3 Å². The van der Waals surface area contributed by atoms with Crippen LogP contribution < -0.4 is 5.32 Å². The van der Waals surface area contributed by atoms with Crippen molar-refractivity contribution in [2.45, 2.75) is 25.9 Å². The molecule has 0 aliphatic heterocycles. The zero-order valence-electron chi connectivity index (χ0n) is 10.0. The highest BCUT2D eigenvalue weighted by Crippen LogP contribution is 2.29. The maximum atomic E-state index is 4.38. The Labute approximate surface area is 101 Å². The number of nitrogens with zero attached hydrogens (tertiary/aromatic N) is 2. The van der Waals surface area contributed by atoms with Crippen molar-refractivity contribution in [3.8, 4) is 5.69 Å². The summed E-state index contributed by atoms with van der Waals surface area (Å²) in [6.45, 7) is 3.20. The van der Waals surface area contributed by atoms with Gasteiger partial charge in [0.05, 0.1) is 11.9 Å². The Hall–Kier alpha value is -1.61. The molecule has 0 saturated heterocycles. The highest BCUT2D eigenvalue weighted by molar-refractivity contribution is 5.30. The molecule has 1 heterocycles. The van der Waals surface area contributed by atoms with Crippen molar-refractivity contribution in [1.82, 2.24) is 15.1 Å². The van der Waals surface area contributed by atoms with Crippen LogP contribution in [0, 0.1) is 5.92 Å². The van der Waals surface area contributed by atoms with E-state index < -0.39 is 0 Å². The van der Waals surface area contributed by atoms with E-state index in [2.05, 4.69) is 35.7 Å². The van der Waals surface area contributed by atoms with Crippen LogP contribution in [-0.2, 0) is 6.54 Å². The number of hydrogen-bond acceptors (Lipinski definition) is 2. The molecule has 1 fully saturated rings. The van der Waals surface area contributed by atoms with Crippen LogP contribution in [0.15, 0.2) is 42.7 Å². The summed E-state index contributed by atoms with van der Waals surface area (Å²) < 4.78 is 1.92. The Morgan fingerprint density at radius 1 is 1.35 bits per heavy atom. The van der Waals surface area contributed by atoms with E-state index in [0.29, 0.717) is 0 Å². The van der Waals surface area contributed by atoms with Gasteiger partial charge in [0.15, 0.2) is 0 Å². The molecular formula is C14H17N3. The first kappa shape index (κ1) is 10.5. The topological polar surface area (TPSA) is 29.9 Å². The Bertz CT molecular complexity index is 489. The van der Waals surface area contributed by atoms with Crippen molar-refractivity contribution in [2.75, 3.05) is 0 Å². The Balaban J connectivity index is 1.66. The third-order valence-electron chi connectivity index (χ3n) is 3.33. The summed E-state index contributed by atoms with van der Waals surface area (Å²) in [6, 6.07) is 10.9. The first-order chi connectivity index (χ1) is 8.33. The van der Waals surface area contributed by atoms with Gasteiger partial charge in [-0.15, -0.1) is 0 Å². The van der Waals surface area contributed by atoms with Gasteiger partial charge in [0.1, 0.15) is 0 Å². The SMILES string of the molecule is CC1CC1NCc1cnn(-c2ccccc2)c1. The van der Waals surface area contributed by atoms with Gasteiger partial charge in [-0.1, -0.05) is 25.1 Å². The average molecular weight is 227 g/mol. The second-order valence-corrected chi connectivity index (χ2v) is 4.83. The molecule has 0 bridgehead atoms.